The number of amides is 2. The Morgan fingerprint density at radius 3 is 2.30 bits per heavy atom. The first kappa shape index (κ1) is 17.6. The van der Waals surface area contributed by atoms with Crippen molar-refractivity contribution in [3.05, 3.63) is 68.7 Å². The molecule has 2 rings (SSSR count). The first-order valence-electron chi connectivity index (χ1n) is 6.70. The fourth-order valence-corrected chi connectivity index (χ4v) is 2.30. The third kappa shape index (κ3) is 5.13. The van der Waals surface area contributed by atoms with Crippen LogP contribution in [0.3, 0.4) is 0 Å². The Hall–Kier alpha value is -1.75. The molecule has 23 heavy (non-hydrogen) atoms. The zero-order valence-electron chi connectivity index (χ0n) is 11.9. The van der Waals surface area contributed by atoms with Crippen LogP contribution in [0.25, 0.3) is 0 Å². The molecule has 0 saturated heterocycles. The second-order valence-corrected chi connectivity index (χ2v) is 5.90. The summed E-state index contributed by atoms with van der Waals surface area (Å²) in [6.45, 7) is 0.144. The second kappa shape index (κ2) is 8.20. The Kier molecular flexibility index (Phi) is 6.28. The lowest BCUT2D eigenvalue weighted by Crippen LogP contribution is -2.36. The summed E-state index contributed by atoms with van der Waals surface area (Å²) in [6, 6.07) is 11.7. The van der Waals surface area contributed by atoms with E-state index >= 15 is 0 Å². The van der Waals surface area contributed by atoms with Crippen LogP contribution in [-0.4, -0.2) is 18.4 Å². The number of rotatable bonds is 5. The third-order valence-electron chi connectivity index (χ3n) is 3.03. The van der Waals surface area contributed by atoms with E-state index in [1.165, 1.54) is 18.2 Å². The van der Waals surface area contributed by atoms with Gasteiger partial charge in [-0.3, -0.25) is 9.59 Å². The van der Waals surface area contributed by atoms with Crippen molar-refractivity contribution in [2.45, 2.75) is 6.54 Å². The molecule has 4 nitrogen and oxygen atoms in total. The number of carbonyl (C=O) groups is 2. The van der Waals surface area contributed by atoms with Gasteiger partial charge in [0.2, 0.25) is 5.91 Å². The van der Waals surface area contributed by atoms with Gasteiger partial charge in [-0.05, 0) is 29.8 Å². The van der Waals surface area contributed by atoms with Gasteiger partial charge in [0.1, 0.15) is 0 Å². The van der Waals surface area contributed by atoms with Crippen molar-refractivity contribution in [3.63, 3.8) is 0 Å². The molecule has 0 atom stereocenters. The molecule has 2 amide bonds. The van der Waals surface area contributed by atoms with Gasteiger partial charge < -0.3 is 10.6 Å². The quantitative estimate of drug-likeness (QED) is 0.842. The van der Waals surface area contributed by atoms with Crippen molar-refractivity contribution >= 4 is 46.6 Å². The molecule has 120 valence electrons. The summed E-state index contributed by atoms with van der Waals surface area (Å²) in [5, 5.41) is 6.41. The normalized spacial score (nSPS) is 10.2. The number of carbonyl (C=O) groups excluding carboxylic acids is 2. The maximum absolute atomic E-state index is 11.9. The summed E-state index contributed by atoms with van der Waals surface area (Å²) < 4.78 is 0. The van der Waals surface area contributed by atoms with Crippen LogP contribution in [0.4, 0.5) is 0 Å². The van der Waals surface area contributed by atoms with Gasteiger partial charge in [0.15, 0.2) is 0 Å². The van der Waals surface area contributed by atoms with Gasteiger partial charge in [0.25, 0.3) is 5.91 Å². The summed E-state index contributed by atoms with van der Waals surface area (Å²) in [5.74, 6) is -0.727. The number of nitrogens with one attached hydrogen (secondary N) is 2. The van der Waals surface area contributed by atoms with Gasteiger partial charge in [0.05, 0.1) is 16.6 Å². The van der Waals surface area contributed by atoms with Crippen LogP contribution >= 0.6 is 34.8 Å². The summed E-state index contributed by atoms with van der Waals surface area (Å²) in [5.41, 5.74) is 1.14. The van der Waals surface area contributed by atoms with E-state index in [0.29, 0.717) is 22.2 Å². The molecule has 0 aromatic heterocycles. The highest BCUT2D eigenvalue weighted by Gasteiger charge is 2.10. The minimum atomic E-state index is -0.406. The molecule has 0 spiro atoms. The smallest absolute Gasteiger partial charge is 0.251 e. The van der Waals surface area contributed by atoms with E-state index < -0.39 is 5.91 Å². The zero-order chi connectivity index (χ0) is 16.8. The standard InChI is InChI=1S/C16H13Cl3N2O2/c17-12-4-2-1-3-11(12)8-20-15(22)9-21-16(23)10-5-6-13(18)14(19)7-10/h1-7H,8-9H2,(H,20,22)(H,21,23). The molecule has 0 aliphatic rings. The fourth-order valence-electron chi connectivity index (χ4n) is 1.80. The predicted octanol–water partition coefficient (Wildman–Crippen LogP) is 3.69. The molecule has 0 aliphatic heterocycles. The number of hydrogen-bond donors (Lipinski definition) is 2. The molecule has 0 heterocycles. The summed E-state index contributed by atoms with van der Waals surface area (Å²) >= 11 is 17.6. The summed E-state index contributed by atoms with van der Waals surface area (Å²) in [6.07, 6.45) is 0. The van der Waals surface area contributed by atoms with E-state index in [-0.39, 0.29) is 17.5 Å². The zero-order valence-corrected chi connectivity index (χ0v) is 14.2. The molecule has 0 bridgehead atoms. The largest absolute Gasteiger partial charge is 0.350 e. The number of hydrogen-bond acceptors (Lipinski definition) is 2. The molecule has 0 fully saturated rings. The predicted molar refractivity (Wildman–Crippen MR) is 92.1 cm³/mol. The lowest BCUT2D eigenvalue weighted by atomic mass is 10.2. The summed E-state index contributed by atoms with van der Waals surface area (Å²) in [4.78, 5) is 23.7. The van der Waals surface area contributed by atoms with Gasteiger partial charge in [-0.2, -0.15) is 0 Å². The topological polar surface area (TPSA) is 58.2 Å². The van der Waals surface area contributed by atoms with Gasteiger partial charge in [-0.25, -0.2) is 0 Å². The van der Waals surface area contributed by atoms with Gasteiger partial charge in [0, 0.05) is 17.1 Å². The fraction of sp³-hybridized carbons (Fsp3) is 0.125. The Morgan fingerprint density at radius 1 is 0.870 bits per heavy atom. The van der Waals surface area contributed by atoms with E-state index in [1.54, 1.807) is 6.07 Å². The SMILES string of the molecule is O=C(CNC(=O)c1ccc(Cl)c(Cl)c1)NCc1ccccc1Cl. The molecule has 0 aliphatic carbocycles. The maximum Gasteiger partial charge on any atom is 0.251 e. The van der Waals surface area contributed by atoms with Crippen LogP contribution < -0.4 is 10.6 Å². The molecular weight excluding hydrogens is 359 g/mol. The van der Waals surface area contributed by atoms with E-state index in [4.69, 9.17) is 34.8 Å². The first-order chi connectivity index (χ1) is 11.0. The molecule has 7 heteroatoms. The molecule has 2 N–H and O–H groups in total. The monoisotopic (exact) mass is 370 g/mol. The lowest BCUT2D eigenvalue weighted by Gasteiger charge is -2.08. The Labute approximate surface area is 148 Å². The van der Waals surface area contributed by atoms with Crippen LogP contribution in [0.5, 0.6) is 0 Å². The lowest BCUT2D eigenvalue weighted by molar-refractivity contribution is -0.120. The highest BCUT2D eigenvalue weighted by atomic mass is 35.5. The molecule has 0 unspecified atom stereocenters. The molecule has 0 saturated carbocycles. The average molecular weight is 372 g/mol. The molecule has 0 radical (unpaired) electrons. The van der Waals surface area contributed by atoms with Crippen molar-refractivity contribution < 1.29 is 9.59 Å². The van der Waals surface area contributed by atoms with Crippen molar-refractivity contribution in [2.24, 2.45) is 0 Å². The first-order valence-corrected chi connectivity index (χ1v) is 7.84. The summed E-state index contributed by atoms with van der Waals surface area (Å²) in [7, 11) is 0. The second-order valence-electron chi connectivity index (χ2n) is 4.68. The van der Waals surface area contributed by atoms with Crippen LogP contribution in [-0.2, 0) is 11.3 Å². The Morgan fingerprint density at radius 2 is 1.61 bits per heavy atom. The van der Waals surface area contributed by atoms with Crippen LogP contribution in [0.15, 0.2) is 42.5 Å². The number of benzene rings is 2. The van der Waals surface area contributed by atoms with Crippen LogP contribution in [0.2, 0.25) is 15.1 Å². The Bertz CT molecular complexity index is 735. The van der Waals surface area contributed by atoms with E-state index in [2.05, 4.69) is 10.6 Å². The minimum absolute atomic E-state index is 0.149. The van der Waals surface area contributed by atoms with Crippen molar-refractivity contribution in [2.75, 3.05) is 6.54 Å². The highest BCUT2D eigenvalue weighted by molar-refractivity contribution is 6.42. The minimum Gasteiger partial charge on any atom is -0.350 e. The van der Waals surface area contributed by atoms with Crippen molar-refractivity contribution in [3.8, 4) is 0 Å². The number of halogens is 3. The molecule has 2 aromatic rings. The van der Waals surface area contributed by atoms with Gasteiger partial charge in [-0.15, -0.1) is 0 Å². The molecule has 2 aromatic carbocycles. The van der Waals surface area contributed by atoms with Crippen molar-refractivity contribution in [1.29, 1.82) is 0 Å². The van der Waals surface area contributed by atoms with Crippen molar-refractivity contribution in [1.82, 2.24) is 10.6 Å². The Balaban J connectivity index is 1.83. The van der Waals surface area contributed by atoms with Gasteiger partial charge >= 0.3 is 0 Å². The average Bonchev–Trinajstić information content (AvgIpc) is 2.54. The van der Waals surface area contributed by atoms with Gasteiger partial charge in [-0.1, -0.05) is 53.0 Å². The van der Waals surface area contributed by atoms with Crippen LogP contribution in [0.1, 0.15) is 15.9 Å². The maximum atomic E-state index is 11.9. The molecular formula is C16H13Cl3N2O2. The third-order valence-corrected chi connectivity index (χ3v) is 4.13. The van der Waals surface area contributed by atoms with E-state index in [0.717, 1.165) is 5.56 Å². The van der Waals surface area contributed by atoms with E-state index in [1.807, 2.05) is 18.2 Å². The van der Waals surface area contributed by atoms with E-state index in [9.17, 15) is 9.59 Å². The highest BCUT2D eigenvalue weighted by Crippen LogP contribution is 2.22. The van der Waals surface area contributed by atoms with Crippen LogP contribution in [0, 0.1) is 0 Å².